The van der Waals surface area contributed by atoms with E-state index in [0.29, 0.717) is 25.5 Å². The summed E-state index contributed by atoms with van der Waals surface area (Å²) in [4.78, 5) is 15.4. The second kappa shape index (κ2) is 8.69. The van der Waals surface area contributed by atoms with Gasteiger partial charge in [0.15, 0.2) is 0 Å². The summed E-state index contributed by atoms with van der Waals surface area (Å²) in [5, 5.41) is 0.735. The highest BCUT2D eigenvalue weighted by molar-refractivity contribution is 6.30. The third-order valence-corrected chi connectivity index (χ3v) is 6.51. The maximum atomic E-state index is 13.4. The standard InChI is InChI=1S/C21H31ClN2O2.ClH/c1-4-26-18-13-21(23,20(18,2)3)19(25)24(14-16-5-6-16)12-11-15-7-9-17(22)10-8-15;/h7-10,16,18H,4-6,11-14,23H2,1-3H3;1H. The Labute approximate surface area is 174 Å². The first-order chi connectivity index (χ1) is 12.3. The van der Waals surface area contributed by atoms with E-state index in [1.807, 2.05) is 36.1 Å². The van der Waals surface area contributed by atoms with E-state index in [1.165, 1.54) is 18.4 Å². The number of hydrogen-bond donors (Lipinski definition) is 1. The first-order valence-electron chi connectivity index (χ1n) is 9.72. The Morgan fingerprint density at radius 2 is 1.93 bits per heavy atom. The van der Waals surface area contributed by atoms with Crippen LogP contribution in [0.4, 0.5) is 0 Å². The van der Waals surface area contributed by atoms with E-state index >= 15 is 0 Å². The van der Waals surface area contributed by atoms with E-state index in [0.717, 1.165) is 18.0 Å². The van der Waals surface area contributed by atoms with Gasteiger partial charge in [0.2, 0.25) is 5.91 Å². The van der Waals surface area contributed by atoms with Crippen LogP contribution < -0.4 is 5.73 Å². The van der Waals surface area contributed by atoms with Gasteiger partial charge in [0.1, 0.15) is 5.54 Å². The molecule has 3 rings (SSSR count). The van der Waals surface area contributed by atoms with Crippen molar-refractivity contribution < 1.29 is 9.53 Å². The number of rotatable bonds is 8. The average molecular weight is 415 g/mol. The number of nitrogens with zero attached hydrogens (tertiary/aromatic N) is 1. The van der Waals surface area contributed by atoms with E-state index in [1.54, 1.807) is 0 Å². The molecule has 27 heavy (non-hydrogen) atoms. The summed E-state index contributed by atoms with van der Waals surface area (Å²) in [6.07, 6.45) is 3.91. The van der Waals surface area contributed by atoms with Crippen LogP contribution in [0.15, 0.2) is 24.3 Å². The molecule has 1 aromatic rings. The Morgan fingerprint density at radius 1 is 1.30 bits per heavy atom. The minimum absolute atomic E-state index is 0. The maximum absolute atomic E-state index is 13.4. The lowest BCUT2D eigenvalue weighted by atomic mass is 9.54. The number of carbonyl (C=O) groups is 1. The van der Waals surface area contributed by atoms with Crippen LogP contribution in [0, 0.1) is 11.3 Å². The molecule has 0 aliphatic heterocycles. The van der Waals surface area contributed by atoms with E-state index < -0.39 is 5.54 Å². The van der Waals surface area contributed by atoms with Crippen LogP contribution in [-0.4, -0.2) is 42.1 Å². The van der Waals surface area contributed by atoms with Crippen LogP contribution in [0.25, 0.3) is 0 Å². The van der Waals surface area contributed by atoms with Gasteiger partial charge in [0.25, 0.3) is 0 Å². The average Bonchev–Trinajstić information content (AvgIpc) is 3.43. The molecule has 1 amide bonds. The lowest BCUT2D eigenvalue weighted by Gasteiger charge is -2.58. The van der Waals surface area contributed by atoms with Gasteiger partial charge in [0, 0.05) is 36.6 Å². The van der Waals surface area contributed by atoms with Crippen molar-refractivity contribution in [1.29, 1.82) is 0 Å². The number of benzene rings is 1. The molecule has 2 N–H and O–H groups in total. The van der Waals surface area contributed by atoms with E-state index in [4.69, 9.17) is 22.1 Å². The van der Waals surface area contributed by atoms with E-state index in [-0.39, 0.29) is 29.8 Å². The lowest BCUT2D eigenvalue weighted by molar-refractivity contribution is -0.179. The molecule has 2 aliphatic rings. The third-order valence-electron chi connectivity index (χ3n) is 6.26. The molecule has 6 heteroatoms. The smallest absolute Gasteiger partial charge is 0.243 e. The van der Waals surface area contributed by atoms with Crippen LogP contribution >= 0.6 is 24.0 Å². The van der Waals surface area contributed by atoms with Crippen molar-refractivity contribution in [1.82, 2.24) is 4.90 Å². The molecule has 4 nitrogen and oxygen atoms in total. The number of ether oxygens (including phenoxy) is 1. The monoisotopic (exact) mass is 414 g/mol. The molecule has 2 saturated carbocycles. The minimum Gasteiger partial charge on any atom is -0.378 e. The number of nitrogens with two attached hydrogens (primary N) is 1. The molecule has 0 bridgehead atoms. The fraction of sp³-hybridized carbons (Fsp3) is 0.667. The van der Waals surface area contributed by atoms with Gasteiger partial charge in [-0.05, 0) is 49.8 Å². The van der Waals surface area contributed by atoms with Gasteiger partial charge in [-0.3, -0.25) is 4.79 Å². The summed E-state index contributed by atoms with van der Waals surface area (Å²) >= 11 is 5.97. The second-order valence-corrected chi connectivity index (χ2v) is 8.85. The van der Waals surface area contributed by atoms with Crippen molar-refractivity contribution >= 4 is 29.9 Å². The fourth-order valence-electron chi connectivity index (χ4n) is 3.88. The van der Waals surface area contributed by atoms with Gasteiger partial charge in [-0.2, -0.15) is 0 Å². The van der Waals surface area contributed by atoms with Crippen molar-refractivity contribution in [3.05, 3.63) is 34.9 Å². The second-order valence-electron chi connectivity index (χ2n) is 8.41. The zero-order chi connectivity index (χ0) is 18.9. The number of carbonyl (C=O) groups excluding carboxylic acids is 1. The van der Waals surface area contributed by atoms with Gasteiger partial charge >= 0.3 is 0 Å². The first kappa shape index (κ1) is 22.5. The first-order valence-corrected chi connectivity index (χ1v) is 10.1. The summed E-state index contributed by atoms with van der Waals surface area (Å²) < 4.78 is 5.79. The predicted octanol–water partition coefficient (Wildman–Crippen LogP) is 4.08. The van der Waals surface area contributed by atoms with Gasteiger partial charge in [-0.15, -0.1) is 12.4 Å². The predicted molar refractivity (Wildman–Crippen MR) is 112 cm³/mol. The van der Waals surface area contributed by atoms with Crippen LogP contribution in [0.2, 0.25) is 5.02 Å². The van der Waals surface area contributed by atoms with Crippen molar-refractivity contribution in [3.8, 4) is 0 Å². The molecule has 0 heterocycles. The van der Waals surface area contributed by atoms with Crippen LogP contribution in [-0.2, 0) is 16.0 Å². The van der Waals surface area contributed by atoms with Crippen LogP contribution in [0.1, 0.15) is 45.6 Å². The van der Waals surface area contributed by atoms with E-state index in [2.05, 4.69) is 13.8 Å². The molecule has 0 radical (unpaired) electrons. The highest BCUT2D eigenvalue weighted by Crippen LogP contribution is 2.50. The molecule has 152 valence electrons. The van der Waals surface area contributed by atoms with Crippen molar-refractivity contribution in [3.63, 3.8) is 0 Å². The highest BCUT2D eigenvalue weighted by atomic mass is 35.5. The molecule has 0 spiro atoms. The van der Waals surface area contributed by atoms with Gasteiger partial charge in [-0.25, -0.2) is 0 Å². The maximum Gasteiger partial charge on any atom is 0.243 e. The van der Waals surface area contributed by atoms with Crippen molar-refractivity contribution in [2.75, 3.05) is 19.7 Å². The molecule has 0 aromatic heterocycles. The molecule has 0 saturated heterocycles. The van der Waals surface area contributed by atoms with E-state index in [9.17, 15) is 4.79 Å². The summed E-state index contributed by atoms with van der Waals surface area (Å²) in [5.74, 6) is 0.720. The molecule has 2 aliphatic carbocycles. The Bertz CT molecular complexity index is 646. The summed E-state index contributed by atoms with van der Waals surface area (Å²) in [5.41, 5.74) is 6.65. The molecule has 2 unspecified atom stereocenters. The third kappa shape index (κ3) is 4.61. The van der Waals surface area contributed by atoms with Gasteiger partial charge in [-0.1, -0.05) is 37.6 Å². The quantitative estimate of drug-likeness (QED) is 0.696. The Balaban J connectivity index is 0.00000261. The Hall–Kier alpha value is -0.810. The fourth-order valence-corrected chi connectivity index (χ4v) is 4.01. The SMILES string of the molecule is CCOC1CC(N)(C(=O)N(CCc2ccc(Cl)cc2)CC2CC2)C1(C)C.Cl. The largest absolute Gasteiger partial charge is 0.378 e. The molecular formula is C21H32Cl2N2O2. The van der Waals surface area contributed by atoms with Crippen LogP contribution in [0.3, 0.4) is 0 Å². The van der Waals surface area contributed by atoms with Crippen molar-refractivity contribution in [2.45, 2.75) is 58.1 Å². The minimum atomic E-state index is -0.832. The zero-order valence-electron chi connectivity index (χ0n) is 16.5. The van der Waals surface area contributed by atoms with Crippen molar-refractivity contribution in [2.24, 2.45) is 17.1 Å². The normalized spacial score (nSPS) is 26.0. The van der Waals surface area contributed by atoms with Crippen LogP contribution in [0.5, 0.6) is 0 Å². The van der Waals surface area contributed by atoms with Gasteiger partial charge in [0.05, 0.1) is 6.10 Å². The topological polar surface area (TPSA) is 55.6 Å². The molecular weight excluding hydrogens is 383 g/mol. The highest BCUT2D eigenvalue weighted by Gasteiger charge is 2.63. The summed E-state index contributed by atoms with van der Waals surface area (Å²) in [7, 11) is 0. The Morgan fingerprint density at radius 3 is 2.44 bits per heavy atom. The number of amides is 1. The number of halogens is 2. The molecule has 2 atom stereocenters. The number of hydrogen-bond acceptors (Lipinski definition) is 3. The molecule has 1 aromatic carbocycles. The summed E-state index contributed by atoms with van der Waals surface area (Å²) in [6, 6.07) is 7.85. The van der Waals surface area contributed by atoms with Gasteiger partial charge < -0.3 is 15.4 Å². The lowest BCUT2D eigenvalue weighted by Crippen LogP contribution is -2.76. The Kier molecular flexibility index (Phi) is 7.23. The molecule has 2 fully saturated rings. The summed E-state index contributed by atoms with van der Waals surface area (Å²) in [6.45, 7) is 8.28. The zero-order valence-corrected chi connectivity index (χ0v) is 18.1.